The van der Waals surface area contributed by atoms with E-state index in [-0.39, 0.29) is 12.4 Å². The molecule has 31 heavy (non-hydrogen) atoms. The molecular weight excluding hydrogens is 402 g/mol. The second kappa shape index (κ2) is 9.32. The van der Waals surface area contributed by atoms with Gasteiger partial charge in [0.2, 0.25) is 0 Å². The second-order valence-electron chi connectivity index (χ2n) is 8.76. The fraction of sp³-hybridized carbons (Fsp3) is 0.370. The van der Waals surface area contributed by atoms with Crippen LogP contribution in [0.5, 0.6) is 0 Å². The van der Waals surface area contributed by atoms with Crippen molar-refractivity contribution in [3.8, 4) is 5.69 Å². The highest BCUT2D eigenvalue weighted by atomic mass is 35.5. The monoisotopic (exact) mass is 435 g/mol. The predicted molar refractivity (Wildman–Crippen MR) is 128 cm³/mol. The number of fused-ring (bicyclic) bond motifs is 3. The highest BCUT2D eigenvalue weighted by Crippen LogP contribution is 2.30. The standard InChI is InChI=1S/C27H34N3.ClH/c1-7-28(8-2)25-14-9-11-21-15-16-22-17-29(18-30(22)26(21)25)27-23(19(3)4)12-10-13-24(27)20(5)6;/h9-20H,7-8H2,1-6H3;1H/q+1;/p-1. The van der Waals surface area contributed by atoms with E-state index < -0.39 is 0 Å². The van der Waals surface area contributed by atoms with E-state index in [1.54, 1.807) is 0 Å². The summed E-state index contributed by atoms with van der Waals surface area (Å²) in [5.41, 5.74) is 7.93. The Balaban J connectivity index is 0.00000272. The zero-order chi connectivity index (χ0) is 21.4. The number of hydrogen-bond donors (Lipinski definition) is 0. The van der Waals surface area contributed by atoms with Gasteiger partial charge in [0.25, 0.3) is 6.33 Å². The van der Waals surface area contributed by atoms with E-state index in [0.717, 1.165) is 13.1 Å². The Morgan fingerprint density at radius 3 is 2.03 bits per heavy atom. The van der Waals surface area contributed by atoms with Crippen molar-refractivity contribution in [3.63, 3.8) is 0 Å². The quantitative estimate of drug-likeness (QED) is 0.422. The molecule has 0 spiro atoms. The Labute approximate surface area is 192 Å². The van der Waals surface area contributed by atoms with Crippen molar-refractivity contribution < 1.29 is 17.0 Å². The molecule has 0 amide bonds. The highest BCUT2D eigenvalue weighted by Gasteiger charge is 2.22. The first kappa shape index (κ1) is 23.1. The van der Waals surface area contributed by atoms with E-state index in [1.807, 2.05) is 0 Å². The number of pyridine rings is 1. The second-order valence-corrected chi connectivity index (χ2v) is 8.76. The van der Waals surface area contributed by atoms with Crippen LogP contribution in [-0.4, -0.2) is 17.5 Å². The molecule has 0 fully saturated rings. The summed E-state index contributed by atoms with van der Waals surface area (Å²) in [7, 11) is 0. The Kier molecular flexibility index (Phi) is 6.96. The van der Waals surface area contributed by atoms with Crippen LogP contribution in [0, 0.1) is 0 Å². The predicted octanol–water partition coefficient (Wildman–Crippen LogP) is 3.47. The number of para-hydroxylation sites is 2. The van der Waals surface area contributed by atoms with Crippen LogP contribution in [0.15, 0.2) is 61.1 Å². The normalized spacial score (nSPS) is 11.5. The zero-order valence-electron chi connectivity index (χ0n) is 19.6. The molecule has 0 aliphatic carbocycles. The molecule has 2 aromatic heterocycles. The van der Waals surface area contributed by atoms with Gasteiger partial charge in [0.1, 0.15) is 11.9 Å². The van der Waals surface area contributed by atoms with Crippen LogP contribution < -0.4 is 21.9 Å². The van der Waals surface area contributed by atoms with Gasteiger partial charge in [-0.1, -0.05) is 58.0 Å². The van der Waals surface area contributed by atoms with Crippen molar-refractivity contribution in [1.29, 1.82) is 0 Å². The van der Waals surface area contributed by atoms with Gasteiger partial charge in [0, 0.05) is 29.6 Å². The number of benzene rings is 2. The first-order valence-corrected chi connectivity index (χ1v) is 11.3. The SMILES string of the molecule is CCN(CC)c1cccc2ccc3c[n+](-c4c(C(C)C)cccc4C(C)C)cn3c12.[Cl-]. The van der Waals surface area contributed by atoms with Crippen LogP contribution in [0.25, 0.3) is 22.1 Å². The molecule has 0 aliphatic heterocycles. The van der Waals surface area contributed by atoms with Crippen LogP contribution in [0.4, 0.5) is 5.69 Å². The van der Waals surface area contributed by atoms with Crippen LogP contribution in [0.3, 0.4) is 0 Å². The smallest absolute Gasteiger partial charge is 0.254 e. The van der Waals surface area contributed by atoms with Gasteiger partial charge in [0.15, 0.2) is 11.0 Å². The summed E-state index contributed by atoms with van der Waals surface area (Å²) in [5.74, 6) is 0.939. The van der Waals surface area contributed by atoms with E-state index in [0.29, 0.717) is 11.8 Å². The van der Waals surface area contributed by atoms with Gasteiger partial charge in [-0.05, 0) is 43.9 Å². The zero-order valence-corrected chi connectivity index (χ0v) is 20.3. The first-order chi connectivity index (χ1) is 14.5. The molecule has 0 N–H and O–H groups in total. The molecule has 3 nitrogen and oxygen atoms in total. The average Bonchev–Trinajstić information content (AvgIpc) is 3.18. The van der Waals surface area contributed by atoms with Gasteiger partial charge in [-0.2, -0.15) is 4.40 Å². The number of anilines is 1. The lowest BCUT2D eigenvalue weighted by Gasteiger charge is -2.21. The molecule has 0 aliphatic rings. The van der Waals surface area contributed by atoms with Gasteiger partial charge in [-0.15, -0.1) is 0 Å². The molecule has 0 atom stereocenters. The minimum atomic E-state index is 0. The highest BCUT2D eigenvalue weighted by molar-refractivity contribution is 5.93. The van der Waals surface area contributed by atoms with Gasteiger partial charge >= 0.3 is 0 Å². The molecule has 2 heterocycles. The number of halogens is 1. The summed E-state index contributed by atoms with van der Waals surface area (Å²) in [5, 5.41) is 1.27. The maximum Gasteiger partial charge on any atom is 0.254 e. The Morgan fingerprint density at radius 1 is 0.839 bits per heavy atom. The van der Waals surface area contributed by atoms with Gasteiger partial charge in [-0.25, -0.2) is 4.57 Å². The van der Waals surface area contributed by atoms with Crippen molar-refractivity contribution in [2.24, 2.45) is 0 Å². The summed E-state index contributed by atoms with van der Waals surface area (Å²) >= 11 is 0. The van der Waals surface area contributed by atoms with Gasteiger partial charge < -0.3 is 17.3 Å². The van der Waals surface area contributed by atoms with Crippen LogP contribution in [0.2, 0.25) is 0 Å². The molecule has 164 valence electrons. The maximum absolute atomic E-state index is 2.44. The summed E-state index contributed by atoms with van der Waals surface area (Å²) in [4.78, 5) is 2.44. The lowest BCUT2D eigenvalue weighted by Crippen LogP contribution is -3.00. The number of hydrogen-bond acceptors (Lipinski definition) is 1. The van der Waals surface area contributed by atoms with Gasteiger partial charge in [0.05, 0.1) is 5.69 Å². The van der Waals surface area contributed by atoms with E-state index in [9.17, 15) is 0 Å². The van der Waals surface area contributed by atoms with Crippen molar-refractivity contribution in [2.45, 2.75) is 53.4 Å². The molecule has 0 radical (unpaired) electrons. The van der Waals surface area contributed by atoms with E-state index in [4.69, 9.17) is 0 Å². The van der Waals surface area contributed by atoms with E-state index in [1.165, 1.54) is 38.9 Å². The summed E-state index contributed by atoms with van der Waals surface area (Å²) in [6.07, 6.45) is 4.56. The lowest BCUT2D eigenvalue weighted by molar-refractivity contribution is -0.595. The molecule has 0 bridgehead atoms. The number of aromatic nitrogens is 2. The molecule has 2 aromatic carbocycles. The molecular formula is C27H34ClN3. The fourth-order valence-corrected chi connectivity index (χ4v) is 4.61. The molecule has 0 saturated heterocycles. The minimum Gasteiger partial charge on any atom is -1.00 e. The molecule has 0 unspecified atom stereocenters. The first-order valence-electron chi connectivity index (χ1n) is 11.3. The summed E-state index contributed by atoms with van der Waals surface area (Å²) in [6, 6.07) is 17.9. The average molecular weight is 436 g/mol. The Hall–Kier alpha value is -2.52. The Morgan fingerprint density at radius 2 is 1.45 bits per heavy atom. The van der Waals surface area contributed by atoms with E-state index in [2.05, 4.69) is 116 Å². The van der Waals surface area contributed by atoms with Crippen molar-refractivity contribution in [2.75, 3.05) is 18.0 Å². The summed E-state index contributed by atoms with van der Waals surface area (Å²) in [6.45, 7) is 15.6. The van der Waals surface area contributed by atoms with Crippen molar-refractivity contribution >= 4 is 22.1 Å². The van der Waals surface area contributed by atoms with Crippen molar-refractivity contribution in [3.05, 3.63) is 72.2 Å². The number of rotatable bonds is 6. The molecule has 0 saturated carbocycles. The fourth-order valence-electron chi connectivity index (χ4n) is 4.61. The van der Waals surface area contributed by atoms with Crippen LogP contribution in [-0.2, 0) is 0 Å². The lowest BCUT2D eigenvalue weighted by atomic mass is 9.92. The third kappa shape index (κ3) is 4.04. The molecule has 4 rings (SSSR count). The van der Waals surface area contributed by atoms with Crippen LogP contribution >= 0.6 is 0 Å². The summed E-state index contributed by atoms with van der Waals surface area (Å²) < 4.78 is 4.71. The third-order valence-corrected chi connectivity index (χ3v) is 6.21. The van der Waals surface area contributed by atoms with Crippen molar-refractivity contribution in [1.82, 2.24) is 4.40 Å². The topological polar surface area (TPSA) is 11.5 Å². The van der Waals surface area contributed by atoms with Crippen LogP contribution in [0.1, 0.15) is 64.5 Å². The number of nitrogens with zero attached hydrogens (tertiary/aromatic N) is 3. The maximum atomic E-state index is 2.44. The van der Waals surface area contributed by atoms with Gasteiger partial charge in [-0.3, -0.25) is 0 Å². The van der Waals surface area contributed by atoms with E-state index >= 15 is 0 Å². The largest absolute Gasteiger partial charge is 1.00 e. The molecule has 4 heteroatoms. The number of imidazole rings is 1. The minimum absolute atomic E-state index is 0. The Bertz CT molecular complexity index is 1160. The third-order valence-electron chi connectivity index (χ3n) is 6.21. The molecule has 4 aromatic rings.